The Balaban J connectivity index is 1.36. The lowest BCUT2D eigenvalue weighted by atomic mass is 9.59. The summed E-state index contributed by atoms with van der Waals surface area (Å²) in [7, 11) is 0. The van der Waals surface area contributed by atoms with Crippen molar-refractivity contribution in [2.45, 2.75) is 5.41 Å². The second-order valence-electron chi connectivity index (χ2n) is 10.2. The molecule has 1 aliphatic rings. The van der Waals surface area contributed by atoms with Gasteiger partial charge in [0.25, 0.3) is 11.8 Å². The summed E-state index contributed by atoms with van der Waals surface area (Å²) in [6.45, 7) is 0. The largest absolute Gasteiger partial charge is 0.459 e. The van der Waals surface area contributed by atoms with Gasteiger partial charge >= 0.3 is 0 Å². The monoisotopic (exact) mass is 564 g/mol. The molecule has 0 aliphatic heterocycles. The van der Waals surface area contributed by atoms with Crippen LogP contribution in [0.25, 0.3) is 0 Å². The Labute approximate surface area is 246 Å². The third-order valence-corrected chi connectivity index (χ3v) is 7.79. The van der Waals surface area contributed by atoms with Gasteiger partial charge in [0.1, 0.15) is 0 Å². The van der Waals surface area contributed by atoms with E-state index in [1.165, 1.54) is 12.5 Å². The average Bonchev–Trinajstić information content (AvgIpc) is 3.79. The molecular formula is C36H24N2O5. The Hall–Kier alpha value is -5.95. The number of hydrogen-bond donors (Lipinski definition) is 2. The highest BCUT2D eigenvalue weighted by atomic mass is 16.3. The predicted octanol–water partition coefficient (Wildman–Crippen LogP) is 7.30. The van der Waals surface area contributed by atoms with Crippen LogP contribution in [0, 0.1) is 0 Å². The molecule has 0 fully saturated rings. The van der Waals surface area contributed by atoms with E-state index < -0.39 is 5.41 Å². The molecule has 2 heterocycles. The summed E-state index contributed by atoms with van der Waals surface area (Å²) in [5.41, 5.74) is 5.07. The first kappa shape index (κ1) is 26.0. The van der Waals surface area contributed by atoms with Crippen molar-refractivity contribution in [3.8, 4) is 0 Å². The van der Waals surface area contributed by atoms with Crippen molar-refractivity contribution in [2.24, 2.45) is 0 Å². The fraction of sp³-hybridized carbons (Fsp3) is 0.0278. The maximum atomic E-state index is 13.7. The van der Waals surface area contributed by atoms with Gasteiger partial charge in [-0.25, -0.2) is 0 Å². The van der Waals surface area contributed by atoms with Crippen molar-refractivity contribution in [3.63, 3.8) is 0 Å². The highest BCUT2D eigenvalue weighted by Crippen LogP contribution is 2.51. The summed E-state index contributed by atoms with van der Waals surface area (Å²) in [6, 6.07) is 37.1. The lowest BCUT2D eigenvalue weighted by Crippen LogP contribution is -2.38. The molecule has 1 aliphatic carbocycles. The van der Waals surface area contributed by atoms with Crippen molar-refractivity contribution < 1.29 is 23.2 Å². The molecule has 0 unspecified atom stereocenters. The summed E-state index contributed by atoms with van der Waals surface area (Å²) in [5, 5.41) is 5.75. The molecule has 7 rings (SSSR count). The van der Waals surface area contributed by atoms with Gasteiger partial charge in [0, 0.05) is 22.5 Å². The maximum Gasteiger partial charge on any atom is 0.291 e. The zero-order chi connectivity index (χ0) is 29.4. The Kier molecular flexibility index (Phi) is 6.32. The molecule has 208 valence electrons. The first-order valence-electron chi connectivity index (χ1n) is 13.7. The summed E-state index contributed by atoms with van der Waals surface area (Å²) in [6.07, 6.45) is 2.91. The van der Waals surface area contributed by atoms with E-state index in [-0.39, 0.29) is 29.1 Å². The Morgan fingerprint density at radius 1 is 0.512 bits per heavy atom. The number of carbonyl (C=O) groups excluding carboxylic acids is 3. The number of carbonyl (C=O) groups is 3. The van der Waals surface area contributed by atoms with Crippen molar-refractivity contribution >= 4 is 29.0 Å². The fourth-order valence-corrected chi connectivity index (χ4v) is 5.90. The summed E-state index contributed by atoms with van der Waals surface area (Å²) >= 11 is 0. The van der Waals surface area contributed by atoms with Crippen molar-refractivity contribution in [3.05, 3.63) is 179 Å². The molecule has 0 atom stereocenters. The zero-order valence-corrected chi connectivity index (χ0v) is 22.7. The number of anilines is 2. The van der Waals surface area contributed by atoms with Crippen molar-refractivity contribution in [1.29, 1.82) is 0 Å². The zero-order valence-electron chi connectivity index (χ0n) is 22.7. The number of nitrogens with one attached hydrogen (secondary N) is 2. The maximum absolute atomic E-state index is 13.7. The van der Waals surface area contributed by atoms with Gasteiger partial charge in [0.2, 0.25) is 0 Å². The Morgan fingerprint density at radius 3 is 1.33 bits per heavy atom. The van der Waals surface area contributed by atoms with E-state index in [0.717, 1.165) is 22.3 Å². The van der Waals surface area contributed by atoms with E-state index in [2.05, 4.69) is 10.6 Å². The minimum atomic E-state index is -0.867. The van der Waals surface area contributed by atoms with Gasteiger partial charge in [0.15, 0.2) is 17.3 Å². The minimum Gasteiger partial charge on any atom is -0.459 e. The third kappa shape index (κ3) is 4.35. The van der Waals surface area contributed by atoms with Crippen LogP contribution in [0.3, 0.4) is 0 Å². The molecule has 2 amide bonds. The number of rotatable bonds is 6. The Morgan fingerprint density at radius 2 is 0.930 bits per heavy atom. The summed E-state index contributed by atoms with van der Waals surface area (Å²) in [4.78, 5) is 39.0. The van der Waals surface area contributed by atoms with E-state index in [1.54, 1.807) is 24.3 Å². The molecule has 4 aromatic carbocycles. The number of benzene rings is 4. The van der Waals surface area contributed by atoms with Crippen LogP contribution in [-0.2, 0) is 5.41 Å². The topological polar surface area (TPSA) is 102 Å². The van der Waals surface area contributed by atoms with E-state index in [1.807, 2.05) is 97.1 Å². The van der Waals surface area contributed by atoms with E-state index in [0.29, 0.717) is 22.5 Å². The van der Waals surface area contributed by atoms with Crippen LogP contribution in [0.15, 0.2) is 143 Å². The van der Waals surface area contributed by atoms with E-state index in [9.17, 15) is 14.4 Å². The first-order valence-corrected chi connectivity index (χ1v) is 13.7. The van der Waals surface area contributed by atoms with Crippen LogP contribution in [0.5, 0.6) is 0 Å². The van der Waals surface area contributed by atoms with Crippen LogP contribution in [0.4, 0.5) is 11.4 Å². The van der Waals surface area contributed by atoms with Crippen molar-refractivity contribution in [1.82, 2.24) is 0 Å². The predicted molar refractivity (Wildman–Crippen MR) is 162 cm³/mol. The first-order chi connectivity index (χ1) is 21.1. The van der Waals surface area contributed by atoms with Crippen LogP contribution in [0.1, 0.15) is 59.3 Å². The molecule has 7 heteroatoms. The normalized spacial score (nSPS) is 13.1. The number of furan rings is 2. The lowest BCUT2D eigenvalue weighted by molar-refractivity contribution is 0.0989. The minimum absolute atomic E-state index is 0.0357. The smallest absolute Gasteiger partial charge is 0.291 e. The molecule has 43 heavy (non-hydrogen) atoms. The number of amides is 2. The van der Waals surface area contributed by atoms with Crippen LogP contribution in [-0.4, -0.2) is 17.6 Å². The van der Waals surface area contributed by atoms with Gasteiger partial charge in [-0.05, 0) is 70.8 Å². The molecular weight excluding hydrogens is 540 g/mol. The average molecular weight is 565 g/mol. The summed E-state index contributed by atoms with van der Waals surface area (Å²) in [5.74, 6) is -0.300. The van der Waals surface area contributed by atoms with Crippen molar-refractivity contribution in [2.75, 3.05) is 10.6 Å². The van der Waals surface area contributed by atoms with Gasteiger partial charge in [-0.2, -0.15) is 0 Å². The molecule has 0 saturated carbocycles. The third-order valence-electron chi connectivity index (χ3n) is 7.79. The van der Waals surface area contributed by atoms with Gasteiger partial charge < -0.3 is 19.5 Å². The quantitative estimate of drug-likeness (QED) is 0.221. The molecule has 2 N–H and O–H groups in total. The van der Waals surface area contributed by atoms with Crippen LogP contribution >= 0.6 is 0 Å². The van der Waals surface area contributed by atoms with Crippen LogP contribution < -0.4 is 10.6 Å². The molecule has 2 aromatic heterocycles. The van der Waals surface area contributed by atoms with Gasteiger partial charge in [0.05, 0.1) is 17.9 Å². The van der Waals surface area contributed by atoms with Gasteiger partial charge in [-0.15, -0.1) is 0 Å². The number of hydrogen-bond acceptors (Lipinski definition) is 5. The molecule has 7 nitrogen and oxygen atoms in total. The van der Waals surface area contributed by atoms with E-state index in [4.69, 9.17) is 8.83 Å². The summed E-state index contributed by atoms with van der Waals surface area (Å²) < 4.78 is 10.5. The lowest BCUT2D eigenvalue weighted by Gasteiger charge is -2.41. The Bertz CT molecular complexity index is 1810. The standard InChI is InChI=1S/C36H24N2O5/c39-33-27-7-1-3-9-29(27)36(30-10-4-2-8-28(30)33,23-13-17-25(18-14-23)37-34(40)31-11-5-21-42-31)24-15-19-26(20-16-24)38-35(41)32-12-6-22-43-32/h1-22H,(H,37,40)(H,38,41). The second-order valence-corrected chi connectivity index (χ2v) is 10.2. The molecule has 0 spiro atoms. The second kappa shape index (κ2) is 10.5. The highest BCUT2D eigenvalue weighted by Gasteiger charge is 2.46. The SMILES string of the molecule is O=C(Nc1ccc(C2(c3ccc(NC(=O)c4ccco4)cc3)c3ccccc3C(=O)c3ccccc32)cc1)c1ccco1. The molecule has 0 bridgehead atoms. The molecule has 0 saturated heterocycles. The van der Waals surface area contributed by atoms with Gasteiger partial charge in [-0.1, -0.05) is 72.8 Å². The number of fused-ring (bicyclic) bond motifs is 2. The highest BCUT2D eigenvalue weighted by molar-refractivity contribution is 6.14. The fourth-order valence-electron chi connectivity index (χ4n) is 5.90. The molecule has 0 radical (unpaired) electrons. The number of ketones is 1. The molecule has 6 aromatic rings. The van der Waals surface area contributed by atoms with E-state index >= 15 is 0 Å². The van der Waals surface area contributed by atoms with Crippen LogP contribution in [0.2, 0.25) is 0 Å². The van der Waals surface area contributed by atoms with Gasteiger partial charge in [-0.3, -0.25) is 14.4 Å².